The van der Waals surface area contributed by atoms with E-state index in [2.05, 4.69) is 20.6 Å². The van der Waals surface area contributed by atoms with E-state index in [0.29, 0.717) is 11.2 Å². The molecule has 8 heteroatoms. The maximum absolute atomic E-state index is 12.8. The molecule has 0 saturated heterocycles. The van der Waals surface area contributed by atoms with Gasteiger partial charge < -0.3 is 16.4 Å². The Morgan fingerprint density at radius 3 is 2.23 bits per heavy atom. The summed E-state index contributed by atoms with van der Waals surface area (Å²) in [4.78, 5) is 45.2. The number of rotatable bonds is 8. The summed E-state index contributed by atoms with van der Waals surface area (Å²) in [5, 5.41) is 5.27. The van der Waals surface area contributed by atoms with Gasteiger partial charge in [0.2, 0.25) is 17.7 Å². The molecule has 0 saturated carbocycles. The van der Waals surface area contributed by atoms with Gasteiger partial charge in [-0.05, 0) is 17.7 Å². The van der Waals surface area contributed by atoms with Gasteiger partial charge >= 0.3 is 0 Å². The summed E-state index contributed by atoms with van der Waals surface area (Å²) in [5.74, 6) is -1.53. The zero-order valence-electron chi connectivity index (χ0n) is 16.5. The monoisotopic (exact) mass is 405 g/mol. The van der Waals surface area contributed by atoms with Gasteiger partial charge in [-0.15, -0.1) is 0 Å². The lowest BCUT2D eigenvalue weighted by Crippen LogP contribution is -2.54. The minimum Gasteiger partial charge on any atom is -0.368 e. The van der Waals surface area contributed by atoms with Crippen LogP contribution in [-0.2, 0) is 27.2 Å². The summed E-state index contributed by atoms with van der Waals surface area (Å²) in [6.07, 6.45) is 1.93. The van der Waals surface area contributed by atoms with Gasteiger partial charge in [0.1, 0.15) is 12.1 Å². The number of carbonyl (C=O) groups excluding carboxylic acids is 3. The van der Waals surface area contributed by atoms with Crippen LogP contribution in [0.1, 0.15) is 18.2 Å². The summed E-state index contributed by atoms with van der Waals surface area (Å²) >= 11 is 0. The Balaban J connectivity index is 1.74. The molecule has 0 fully saturated rings. The molecule has 0 aliphatic carbocycles. The van der Waals surface area contributed by atoms with Crippen molar-refractivity contribution in [3.63, 3.8) is 0 Å². The van der Waals surface area contributed by atoms with Crippen LogP contribution in [0.15, 0.2) is 60.8 Å². The average molecular weight is 405 g/mol. The van der Waals surface area contributed by atoms with Crippen molar-refractivity contribution in [2.75, 3.05) is 0 Å². The molecule has 2 aromatic carbocycles. The molecule has 0 unspecified atom stereocenters. The van der Waals surface area contributed by atoms with Gasteiger partial charge in [0.15, 0.2) is 0 Å². The minimum absolute atomic E-state index is 0.0943. The fourth-order valence-corrected chi connectivity index (χ4v) is 3.10. The maximum atomic E-state index is 12.8. The molecule has 3 amide bonds. The zero-order chi connectivity index (χ0) is 21.5. The number of nitrogens with two attached hydrogens (primary N) is 1. The molecule has 30 heavy (non-hydrogen) atoms. The van der Waals surface area contributed by atoms with Gasteiger partial charge in [-0.3, -0.25) is 19.4 Å². The summed E-state index contributed by atoms with van der Waals surface area (Å²) in [7, 11) is 0. The first-order valence-electron chi connectivity index (χ1n) is 9.54. The number of hydrogen-bond donors (Lipinski definition) is 3. The van der Waals surface area contributed by atoms with Crippen molar-refractivity contribution in [3.8, 4) is 0 Å². The average Bonchev–Trinajstić information content (AvgIpc) is 2.73. The van der Waals surface area contributed by atoms with Crippen molar-refractivity contribution in [3.05, 3.63) is 72.1 Å². The molecule has 8 nitrogen and oxygen atoms in total. The highest BCUT2D eigenvalue weighted by molar-refractivity contribution is 5.91. The lowest BCUT2D eigenvalue weighted by atomic mass is 10.0. The van der Waals surface area contributed by atoms with Crippen LogP contribution in [0.5, 0.6) is 0 Å². The van der Waals surface area contributed by atoms with E-state index in [9.17, 15) is 14.4 Å². The van der Waals surface area contributed by atoms with Crippen LogP contribution in [0.3, 0.4) is 0 Å². The number of hydrogen-bond acceptors (Lipinski definition) is 5. The second kappa shape index (κ2) is 9.60. The first kappa shape index (κ1) is 20.9. The molecule has 1 heterocycles. The summed E-state index contributed by atoms with van der Waals surface area (Å²) in [6, 6.07) is 14.8. The number of aromatic nitrogens is 2. The van der Waals surface area contributed by atoms with Crippen LogP contribution < -0.4 is 16.4 Å². The Bertz CT molecular complexity index is 1050. The second-order valence-corrected chi connectivity index (χ2v) is 6.96. The van der Waals surface area contributed by atoms with Gasteiger partial charge in [0.05, 0.1) is 16.7 Å². The van der Waals surface area contributed by atoms with Gasteiger partial charge in [-0.1, -0.05) is 42.5 Å². The lowest BCUT2D eigenvalue weighted by molar-refractivity contribution is -0.130. The number of amides is 3. The molecule has 4 N–H and O–H groups in total. The molecular weight excluding hydrogens is 382 g/mol. The number of primary amides is 1. The van der Waals surface area contributed by atoms with Crippen molar-refractivity contribution in [1.29, 1.82) is 0 Å². The van der Waals surface area contributed by atoms with E-state index in [1.807, 2.05) is 54.6 Å². The molecule has 0 spiro atoms. The van der Waals surface area contributed by atoms with Crippen LogP contribution in [-0.4, -0.2) is 39.8 Å². The zero-order valence-corrected chi connectivity index (χ0v) is 16.5. The highest BCUT2D eigenvalue weighted by Gasteiger charge is 2.26. The second-order valence-electron chi connectivity index (χ2n) is 6.96. The van der Waals surface area contributed by atoms with Gasteiger partial charge in [-0.2, -0.15) is 0 Å². The number of para-hydroxylation sites is 2. The standard InChI is InChI=1S/C22H23N5O3/c1-14(28)25-20(11-15-7-3-2-4-8-15)22(30)27-19(21(23)29)12-16-13-24-17-9-5-6-10-18(17)26-16/h2-10,13,19-20H,11-12H2,1H3,(H2,23,29)(H,25,28)(H,27,30)/t19-,20-/m1/s1. The lowest BCUT2D eigenvalue weighted by Gasteiger charge is -2.21. The maximum Gasteiger partial charge on any atom is 0.243 e. The fraction of sp³-hybridized carbons (Fsp3) is 0.227. The Morgan fingerprint density at radius 2 is 1.57 bits per heavy atom. The van der Waals surface area contributed by atoms with Crippen LogP contribution in [0.2, 0.25) is 0 Å². The molecule has 3 aromatic rings. The topological polar surface area (TPSA) is 127 Å². The van der Waals surface area contributed by atoms with Crippen molar-refractivity contribution < 1.29 is 14.4 Å². The molecule has 154 valence electrons. The van der Waals surface area contributed by atoms with Gasteiger partial charge in [0.25, 0.3) is 0 Å². The quantitative estimate of drug-likeness (QED) is 0.513. The van der Waals surface area contributed by atoms with E-state index in [0.717, 1.165) is 11.1 Å². The van der Waals surface area contributed by atoms with E-state index >= 15 is 0 Å². The van der Waals surface area contributed by atoms with Crippen LogP contribution in [0.25, 0.3) is 11.0 Å². The van der Waals surface area contributed by atoms with Gasteiger partial charge in [-0.25, -0.2) is 4.98 Å². The normalized spacial score (nSPS) is 12.7. The van der Waals surface area contributed by atoms with E-state index < -0.39 is 23.9 Å². The van der Waals surface area contributed by atoms with E-state index in [1.54, 1.807) is 6.20 Å². The smallest absolute Gasteiger partial charge is 0.243 e. The molecule has 3 rings (SSSR count). The predicted molar refractivity (Wildman–Crippen MR) is 112 cm³/mol. The van der Waals surface area contributed by atoms with Crippen molar-refractivity contribution in [2.45, 2.75) is 31.8 Å². The third kappa shape index (κ3) is 5.60. The Labute approximate surface area is 173 Å². The number of benzene rings is 2. The van der Waals surface area contributed by atoms with Gasteiger partial charge in [0, 0.05) is 26.0 Å². The number of carbonyl (C=O) groups is 3. The number of nitrogens with one attached hydrogen (secondary N) is 2. The molecule has 0 radical (unpaired) electrons. The Kier molecular flexibility index (Phi) is 6.69. The highest BCUT2D eigenvalue weighted by atomic mass is 16.2. The van der Waals surface area contributed by atoms with Crippen molar-refractivity contribution >= 4 is 28.8 Å². The predicted octanol–water partition coefficient (Wildman–Crippen LogP) is 0.890. The fourth-order valence-electron chi connectivity index (χ4n) is 3.10. The Morgan fingerprint density at radius 1 is 0.900 bits per heavy atom. The molecule has 1 aromatic heterocycles. The summed E-state index contributed by atoms with van der Waals surface area (Å²) < 4.78 is 0. The summed E-state index contributed by atoms with van der Waals surface area (Å²) in [5.41, 5.74) is 8.33. The molecule has 0 aliphatic rings. The number of fused-ring (bicyclic) bond motifs is 1. The SMILES string of the molecule is CC(=O)N[C@H](Cc1ccccc1)C(=O)N[C@H](Cc1cnc2ccccc2n1)C(N)=O. The van der Waals surface area contributed by atoms with Crippen LogP contribution >= 0.6 is 0 Å². The van der Waals surface area contributed by atoms with E-state index in [4.69, 9.17) is 5.73 Å². The third-order valence-corrected chi connectivity index (χ3v) is 4.55. The number of nitrogens with zero attached hydrogens (tertiary/aromatic N) is 2. The van der Waals surface area contributed by atoms with E-state index in [-0.39, 0.29) is 18.7 Å². The van der Waals surface area contributed by atoms with E-state index in [1.165, 1.54) is 6.92 Å². The molecule has 0 aliphatic heterocycles. The van der Waals surface area contributed by atoms with Crippen LogP contribution in [0, 0.1) is 0 Å². The highest BCUT2D eigenvalue weighted by Crippen LogP contribution is 2.10. The largest absolute Gasteiger partial charge is 0.368 e. The Hall–Kier alpha value is -3.81. The first-order valence-corrected chi connectivity index (χ1v) is 9.54. The van der Waals surface area contributed by atoms with Crippen molar-refractivity contribution in [1.82, 2.24) is 20.6 Å². The first-order chi connectivity index (χ1) is 14.4. The van der Waals surface area contributed by atoms with Crippen LogP contribution in [0.4, 0.5) is 0 Å². The summed E-state index contributed by atoms with van der Waals surface area (Å²) in [6.45, 7) is 1.33. The molecular formula is C22H23N5O3. The van der Waals surface area contributed by atoms with Crippen molar-refractivity contribution in [2.24, 2.45) is 5.73 Å². The minimum atomic E-state index is -0.986. The third-order valence-electron chi connectivity index (χ3n) is 4.55. The molecule has 2 atom stereocenters. The molecule has 0 bridgehead atoms.